The van der Waals surface area contributed by atoms with Crippen molar-refractivity contribution in [1.82, 2.24) is 0 Å². The quantitative estimate of drug-likeness (QED) is 0.596. The smallest absolute Gasteiger partial charge is 0.148 e. The number of quaternary nitrogens is 1. The van der Waals surface area contributed by atoms with Crippen LogP contribution in [0.3, 0.4) is 0 Å². The van der Waals surface area contributed by atoms with Gasteiger partial charge in [0.25, 0.3) is 0 Å². The van der Waals surface area contributed by atoms with Gasteiger partial charge in [-0.2, -0.15) is 0 Å². The van der Waals surface area contributed by atoms with Gasteiger partial charge < -0.3 is 4.90 Å². The maximum Gasteiger partial charge on any atom is 0.148 e. The van der Waals surface area contributed by atoms with Gasteiger partial charge in [0.15, 0.2) is 0 Å². The predicted octanol–water partition coefficient (Wildman–Crippen LogP) is 0.530. The summed E-state index contributed by atoms with van der Waals surface area (Å²) in [7, 11) is 0. The zero-order chi connectivity index (χ0) is 9.03. The van der Waals surface area contributed by atoms with Crippen LogP contribution in [-0.4, -0.2) is 18.8 Å². The molecule has 0 atom stereocenters. The third-order valence-corrected chi connectivity index (χ3v) is 3.30. The van der Waals surface area contributed by atoms with E-state index in [-0.39, 0.29) is 5.66 Å². The molecule has 0 bridgehead atoms. The summed E-state index contributed by atoms with van der Waals surface area (Å²) in [5.41, 5.74) is 6.50. The van der Waals surface area contributed by atoms with E-state index in [0.29, 0.717) is 0 Å². The van der Waals surface area contributed by atoms with Crippen LogP contribution < -0.4 is 10.6 Å². The summed E-state index contributed by atoms with van der Waals surface area (Å²) in [5.74, 6) is 0. The van der Waals surface area contributed by atoms with E-state index in [2.05, 4.69) is 13.8 Å². The zero-order valence-electron chi connectivity index (χ0n) is 8.53. The topological polar surface area (TPSA) is 30.5 Å². The van der Waals surface area contributed by atoms with Crippen LogP contribution in [0.2, 0.25) is 0 Å². The second-order valence-corrected chi connectivity index (χ2v) is 4.03. The lowest BCUT2D eigenvalue weighted by Crippen LogP contribution is -3.21. The molecule has 2 heteroatoms. The highest BCUT2D eigenvalue weighted by Gasteiger charge is 2.35. The molecule has 1 fully saturated rings. The molecule has 1 saturated carbocycles. The summed E-state index contributed by atoms with van der Waals surface area (Å²) >= 11 is 0. The molecule has 0 amide bonds. The minimum atomic E-state index is 0.113. The Morgan fingerprint density at radius 3 is 2.00 bits per heavy atom. The fourth-order valence-corrected chi connectivity index (χ4v) is 2.49. The van der Waals surface area contributed by atoms with Crippen molar-refractivity contribution >= 4 is 0 Å². The van der Waals surface area contributed by atoms with Gasteiger partial charge in [0, 0.05) is 12.8 Å². The first-order chi connectivity index (χ1) is 5.73. The molecule has 0 saturated heterocycles. The number of hydrogen-bond acceptors (Lipinski definition) is 1. The third-order valence-electron chi connectivity index (χ3n) is 3.30. The van der Waals surface area contributed by atoms with Crippen molar-refractivity contribution in [3.8, 4) is 0 Å². The van der Waals surface area contributed by atoms with Crippen LogP contribution in [0.15, 0.2) is 0 Å². The van der Waals surface area contributed by atoms with E-state index >= 15 is 0 Å². The molecule has 0 radical (unpaired) electrons. The molecule has 0 aromatic rings. The lowest BCUT2D eigenvalue weighted by molar-refractivity contribution is -0.951. The highest BCUT2D eigenvalue weighted by Crippen LogP contribution is 2.20. The largest absolute Gasteiger partial charge is 0.318 e. The molecule has 3 N–H and O–H groups in total. The van der Waals surface area contributed by atoms with E-state index in [1.54, 1.807) is 4.90 Å². The number of nitrogens with two attached hydrogens (primary N) is 1. The first kappa shape index (κ1) is 10.0. The van der Waals surface area contributed by atoms with Crippen molar-refractivity contribution < 1.29 is 4.90 Å². The van der Waals surface area contributed by atoms with E-state index in [1.165, 1.54) is 45.2 Å². The van der Waals surface area contributed by atoms with Gasteiger partial charge in [-0.25, -0.2) is 0 Å². The second kappa shape index (κ2) is 4.24. The van der Waals surface area contributed by atoms with Crippen molar-refractivity contribution in [1.29, 1.82) is 0 Å². The summed E-state index contributed by atoms with van der Waals surface area (Å²) in [6, 6.07) is 0. The summed E-state index contributed by atoms with van der Waals surface area (Å²) in [6.45, 7) is 6.82. The van der Waals surface area contributed by atoms with E-state index in [9.17, 15) is 0 Å². The molecule has 1 aliphatic carbocycles. The Kier molecular flexibility index (Phi) is 3.53. The molecule has 0 aliphatic heterocycles. The van der Waals surface area contributed by atoms with Crippen molar-refractivity contribution in [2.45, 2.75) is 51.6 Å². The monoisotopic (exact) mass is 171 g/mol. The molecular weight excluding hydrogens is 148 g/mol. The molecule has 2 nitrogen and oxygen atoms in total. The zero-order valence-corrected chi connectivity index (χ0v) is 8.53. The van der Waals surface area contributed by atoms with Crippen LogP contribution in [0.25, 0.3) is 0 Å². The van der Waals surface area contributed by atoms with E-state index in [4.69, 9.17) is 5.73 Å². The van der Waals surface area contributed by atoms with E-state index < -0.39 is 0 Å². The molecule has 0 unspecified atom stereocenters. The minimum Gasteiger partial charge on any atom is -0.318 e. The highest BCUT2D eigenvalue weighted by atomic mass is 15.3. The van der Waals surface area contributed by atoms with Crippen LogP contribution in [-0.2, 0) is 0 Å². The second-order valence-electron chi connectivity index (χ2n) is 4.03. The molecule has 0 aromatic carbocycles. The van der Waals surface area contributed by atoms with E-state index in [1.807, 2.05) is 0 Å². The molecule has 0 spiro atoms. The standard InChI is InChI=1S/C10H22N2/c1-3-12(4-2)10(11)8-6-5-7-9-10/h3-9,11H2,1-2H3/p+1. The molecule has 0 heterocycles. The summed E-state index contributed by atoms with van der Waals surface area (Å²) < 4.78 is 0. The molecular formula is C10H23N2+. The van der Waals surface area contributed by atoms with Gasteiger partial charge in [-0.05, 0) is 26.7 Å². The van der Waals surface area contributed by atoms with Gasteiger partial charge in [0.1, 0.15) is 5.66 Å². The maximum absolute atomic E-state index is 6.39. The molecule has 1 aliphatic rings. The Balaban J connectivity index is 2.53. The van der Waals surface area contributed by atoms with Gasteiger partial charge >= 0.3 is 0 Å². The van der Waals surface area contributed by atoms with Gasteiger partial charge in [0.05, 0.1) is 13.1 Å². The Bertz CT molecular complexity index is 124. The Hall–Kier alpha value is -0.0800. The Morgan fingerprint density at radius 1 is 1.08 bits per heavy atom. The first-order valence-corrected chi connectivity index (χ1v) is 5.37. The van der Waals surface area contributed by atoms with Crippen LogP contribution in [0, 0.1) is 0 Å². The SMILES string of the molecule is CC[NH+](CC)C1(N)CCCCC1. The average molecular weight is 171 g/mol. The number of hydrogen-bond donors (Lipinski definition) is 2. The molecule has 1 rings (SSSR count). The van der Waals surface area contributed by atoms with Gasteiger partial charge in [-0.15, -0.1) is 0 Å². The minimum absolute atomic E-state index is 0.113. The average Bonchev–Trinajstić information content (AvgIpc) is 2.07. The molecule has 0 aromatic heterocycles. The van der Waals surface area contributed by atoms with Crippen molar-refractivity contribution in [2.24, 2.45) is 5.73 Å². The van der Waals surface area contributed by atoms with Crippen LogP contribution in [0.4, 0.5) is 0 Å². The van der Waals surface area contributed by atoms with Gasteiger partial charge in [0.2, 0.25) is 0 Å². The lowest BCUT2D eigenvalue weighted by atomic mass is 9.88. The number of nitrogens with one attached hydrogen (secondary N) is 1. The maximum atomic E-state index is 6.39. The number of rotatable bonds is 3. The van der Waals surface area contributed by atoms with Gasteiger partial charge in [-0.3, -0.25) is 5.73 Å². The highest BCUT2D eigenvalue weighted by molar-refractivity contribution is 4.75. The normalized spacial score (nSPS) is 23.0. The Labute approximate surface area is 76.1 Å². The van der Waals surface area contributed by atoms with Crippen molar-refractivity contribution in [3.63, 3.8) is 0 Å². The fraction of sp³-hybridized carbons (Fsp3) is 1.00. The summed E-state index contributed by atoms with van der Waals surface area (Å²) in [6.07, 6.45) is 6.51. The van der Waals surface area contributed by atoms with E-state index in [0.717, 1.165) is 0 Å². The Morgan fingerprint density at radius 2 is 1.58 bits per heavy atom. The summed E-state index contributed by atoms with van der Waals surface area (Å²) in [4.78, 5) is 1.59. The fourth-order valence-electron chi connectivity index (χ4n) is 2.49. The lowest BCUT2D eigenvalue weighted by Gasteiger charge is -2.39. The third kappa shape index (κ3) is 1.99. The van der Waals surface area contributed by atoms with Crippen LogP contribution in [0.5, 0.6) is 0 Å². The van der Waals surface area contributed by atoms with Crippen LogP contribution >= 0.6 is 0 Å². The molecule has 12 heavy (non-hydrogen) atoms. The molecule has 72 valence electrons. The van der Waals surface area contributed by atoms with Crippen LogP contribution in [0.1, 0.15) is 46.0 Å². The summed E-state index contributed by atoms with van der Waals surface area (Å²) in [5, 5.41) is 0. The van der Waals surface area contributed by atoms with Gasteiger partial charge in [-0.1, -0.05) is 6.42 Å². The van der Waals surface area contributed by atoms with Crippen molar-refractivity contribution in [3.05, 3.63) is 0 Å². The van der Waals surface area contributed by atoms with Crippen molar-refractivity contribution in [2.75, 3.05) is 13.1 Å². The predicted molar refractivity (Wildman–Crippen MR) is 52.0 cm³/mol. The first-order valence-electron chi connectivity index (χ1n) is 5.37.